The van der Waals surface area contributed by atoms with Crippen molar-refractivity contribution < 1.29 is 9.59 Å². The third-order valence-electron chi connectivity index (χ3n) is 2.47. The Labute approximate surface area is 127 Å². The molecule has 1 aromatic rings. The molecule has 0 spiro atoms. The van der Waals surface area contributed by atoms with Crippen molar-refractivity contribution >= 4 is 27.7 Å². The minimum absolute atomic E-state index is 0.0408. The van der Waals surface area contributed by atoms with E-state index in [9.17, 15) is 9.59 Å². The first-order chi connectivity index (χ1) is 9.23. The summed E-state index contributed by atoms with van der Waals surface area (Å²) >= 11 is 3.28. The Bertz CT molecular complexity index is 497. The Kier molecular flexibility index (Phi) is 5.68. The van der Waals surface area contributed by atoms with Crippen LogP contribution in [0.3, 0.4) is 0 Å². The molecule has 110 valence electrons. The number of likely N-dealkylation sites (N-methyl/N-ethyl adjacent to an activating group) is 1. The van der Waals surface area contributed by atoms with Crippen LogP contribution in [0.15, 0.2) is 22.9 Å². The summed E-state index contributed by atoms with van der Waals surface area (Å²) in [4.78, 5) is 29.7. The lowest BCUT2D eigenvalue weighted by Crippen LogP contribution is -2.47. The van der Waals surface area contributed by atoms with Gasteiger partial charge < -0.3 is 10.2 Å². The smallest absolute Gasteiger partial charge is 0.255 e. The number of hydrogen-bond acceptors (Lipinski definition) is 3. The third kappa shape index (κ3) is 5.28. The Hall–Kier alpha value is -1.43. The third-order valence-corrected chi connectivity index (χ3v) is 2.90. The molecule has 0 aliphatic rings. The lowest BCUT2D eigenvalue weighted by Gasteiger charge is -2.25. The molecule has 0 aliphatic carbocycles. The van der Waals surface area contributed by atoms with Crippen molar-refractivity contribution in [3.8, 4) is 0 Å². The molecule has 1 rings (SSSR count). The van der Waals surface area contributed by atoms with E-state index in [-0.39, 0.29) is 23.9 Å². The summed E-state index contributed by atoms with van der Waals surface area (Å²) in [5.41, 5.74) is 0.154. The monoisotopic (exact) mass is 341 g/mol. The maximum atomic E-state index is 12.3. The molecular formula is C14H20BrN3O2. The molecule has 2 amide bonds. The van der Waals surface area contributed by atoms with Crippen molar-refractivity contribution in [1.82, 2.24) is 15.2 Å². The number of rotatable bonds is 4. The van der Waals surface area contributed by atoms with Gasteiger partial charge in [-0.2, -0.15) is 0 Å². The number of nitrogens with one attached hydrogen (secondary N) is 1. The maximum Gasteiger partial charge on any atom is 0.255 e. The van der Waals surface area contributed by atoms with E-state index in [2.05, 4.69) is 26.2 Å². The normalized spacial score (nSPS) is 11.1. The van der Waals surface area contributed by atoms with E-state index in [1.807, 2.05) is 27.7 Å². The first-order valence-electron chi connectivity index (χ1n) is 6.44. The number of nitrogens with zero attached hydrogens (tertiary/aromatic N) is 2. The minimum Gasteiger partial charge on any atom is -0.350 e. The van der Waals surface area contributed by atoms with E-state index in [1.54, 1.807) is 12.3 Å². The van der Waals surface area contributed by atoms with Crippen molar-refractivity contribution in [2.75, 3.05) is 13.1 Å². The second-order valence-corrected chi connectivity index (χ2v) is 6.43. The fourth-order valence-electron chi connectivity index (χ4n) is 1.67. The summed E-state index contributed by atoms with van der Waals surface area (Å²) in [6.07, 6.45) is 3.11. The van der Waals surface area contributed by atoms with Gasteiger partial charge in [0, 0.05) is 29.0 Å². The van der Waals surface area contributed by atoms with Gasteiger partial charge in [-0.25, -0.2) is 0 Å². The van der Waals surface area contributed by atoms with Gasteiger partial charge in [0.2, 0.25) is 5.91 Å². The highest BCUT2D eigenvalue weighted by atomic mass is 79.9. The second-order valence-electron chi connectivity index (χ2n) is 5.51. The lowest BCUT2D eigenvalue weighted by atomic mass is 10.1. The number of aromatic nitrogens is 1. The first kappa shape index (κ1) is 16.6. The fraction of sp³-hybridized carbons (Fsp3) is 0.500. The predicted octanol–water partition coefficient (Wildman–Crippen LogP) is 2.22. The van der Waals surface area contributed by atoms with Crippen LogP contribution in [0.1, 0.15) is 38.1 Å². The van der Waals surface area contributed by atoms with Gasteiger partial charge in [0.25, 0.3) is 5.91 Å². The zero-order valence-corrected chi connectivity index (χ0v) is 13.8. The standard InChI is InChI=1S/C14H20BrN3O2/c1-5-18(9-12(19)17-14(2,3)4)13(20)10-6-11(15)8-16-7-10/h6-8H,5,9H2,1-4H3,(H,17,19). The topological polar surface area (TPSA) is 62.3 Å². The number of carbonyl (C=O) groups is 2. The van der Waals surface area contributed by atoms with E-state index in [0.717, 1.165) is 4.47 Å². The van der Waals surface area contributed by atoms with Crippen molar-refractivity contribution in [3.63, 3.8) is 0 Å². The van der Waals surface area contributed by atoms with Gasteiger partial charge in [0.1, 0.15) is 0 Å². The maximum absolute atomic E-state index is 12.3. The zero-order chi connectivity index (χ0) is 15.3. The molecule has 0 unspecified atom stereocenters. The average Bonchev–Trinajstić information content (AvgIpc) is 2.33. The van der Waals surface area contributed by atoms with E-state index in [4.69, 9.17) is 0 Å². The van der Waals surface area contributed by atoms with Crippen molar-refractivity contribution in [3.05, 3.63) is 28.5 Å². The minimum atomic E-state index is -0.309. The molecule has 1 aromatic heterocycles. The van der Waals surface area contributed by atoms with E-state index in [0.29, 0.717) is 12.1 Å². The first-order valence-corrected chi connectivity index (χ1v) is 7.23. The quantitative estimate of drug-likeness (QED) is 0.913. The molecule has 0 aliphatic heterocycles. The molecule has 1 N–H and O–H groups in total. The van der Waals surface area contributed by atoms with Gasteiger partial charge >= 0.3 is 0 Å². The van der Waals surface area contributed by atoms with Crippen molar-refractivity contribution in [2.24, 2.45) is 0 Å². The molecule has 0 atom stereocenters. The SMILES string of the molecule is CCN(CC(=O)NC(C)(C)C)C(=O)c1cncc(Br)c1. The molecule has 0 radical (unpaired) electrons. The molecule has 0 bridgehead atoms. The van der Waals surface area contributed by atoms with Crippen LogP contribution in [-0.2, 0) is 4.79 Å². The van der Waals surface area contributed by atoms with Gasteiger partial charge in [-0.3, -0.25) is 14.6 Å². The highest BCUT2D eigenvalue weighted by Crippen LogP contribution is 2.11. The summed E-state index contributed by atoms with van der Waals surface area (Å²) in [7, 11) is 0. The zero-order valence-electron chi connectivity index (χ0n) is 12.2. The number of amides is 2. The number of carbonyl (C=O) groups excluding carboxylic acids is 2. The molecule has 0 fully saturated rings. The Balaban J connectivity index is 2.76. The fourth-order valence-corrected chi connectivity index (χ4v) is 2.03. The highest BCUT2D eigenvalue weighted by Gasteiger charge is 2.20. The molecule has 0 saturated heterocycles. The van der Waals surface area contributed by atoms with Gasteiger partial charge in [-0.1, -0.05) is 0 Å². The van der Waals surface area contributed by atoms with Gasteiger partial charge in [0.15, 0.2) is 0 Å². The summed E-state index contributed by atoms with van der Waals surface area (Å²) in [6.45, 7) is 8.05. The van der Waals surface area contributed by atoms with Crippen molar-refractivity contribution in [1.29, 1.82) is 0 Å². The summed E-state index contributed by atoms with van der Waals surface area (Å²) in [6, 6.07) is 1.69. The molecular weight excluding hydrogens is 322 g/mol. The van der Waals surface area contributed by atoms with E-state index in [1.165, 1.54) is 11.1 Å². The molecule has 5 nitrogen and oxygen atoms in total. The van der Waals surface area contributed by atoms with Gasteiger partial charge in [0.05, 0.1) is 12.1 Å². The van der Waals surface area contributed by atoms with Gasteiger partial charge in [-0.15, -0.1) is 0 Å². The van der Waals surface area contributed by atoms with Gasteiger partial charge in [-0.05, 0) is 49.7 Å². The van der Waals surface area contributed by atoms with Crippen LogP contribution >= 0.6 is 15.9 Å². The number of hydrogen-bond donors (Lipinski definition) is 1. The van der Waals surface area contributed by atoms with Crippen LogP contribution in [0.4, 0.5) is 0 Å². The predicted molar refractivity (Wildman–Crippen MR) is 81.4 cm³/mol. The molecule has 20 heavy (non-hydrogen) atoms. The number of pyridine rings is 1. The van der Waals surface area contributed by atoms with Crippen LogP contribution < -0.4 is 5.32 Å². The average molecular weight is 342 g/mol. The van der Waals surface area contributed by atoms with Crippen LogP contribution in [0.2, 0.25) is 0 Å². The Morgan fingerprint density at radius 3 is 2.50 bits per heavy atom. The molecule has 0 aromatic carbocycles. The summed E-state index contributed by atoms with van der Waals surface area (Å²) in [5, 5.41) is 2.84. The van der Waals surface area contributed by atoms with Crippen molar-refractivity contribution in [2.45, 2.75) is 33.2 Å². The molecule has 0 saturated carbocycles. The molecule has 1 heterocycles. The van der Waals surface area contributed by atoms with Crippen LogP contribution in [0.5, 0.6) is 0 Å². The Morgan fingerprint density at radius 1 is 1.35 bits per heavy atom. The van der Waals surface area contributed by atoms with E-state index >= 15 is 0 Å². The summed E-state index contributed by atoms with van der Waals surface area (Å²) < 4.78 is 0.735. The Morgan fingerprint density at radius 2 is 2.00 bits per heavy atom. The molecule has 6 heteroatoms. The number of halogens is 1. The second kappa shape index (κ2) is 6.83. The lowest BCUT2D eigenvalue weighted by molar-refractivity contribution is -0.123. The highest BCUT2D eigenvalue weighted by molar-refractivity contribution is 9.10. The largest absolute Gasteiger partial charge is 0.350 e. The van der Waals surface area contributed by atoms with Crippen LogP contribution in [0.25, 0.3) is 0 Å². The van der Waals surface area contributed by atoms with E-state index < -0.39 is 0 Å². The van der Waals surface area contributed by atoms with Crippen LogP contribution in [-0.4, -0.2) is 40.3 Å². The van der Waals surface area contributed by atoms with Crippen LogP contribution in [0, 0.1) is 0 Å². The summed E-state index contributed by atoms with van der Waals surface area (Å²) in [5.74, 6) is -0.374.